The lowest BCUT2D eigenvalue weighted by Crippen LogP contribution is -2.16. The summed E-state index contributed by atoms with van der Waals surface area (Å²) < 4.78 is 16.3. The monoisotopic (exact) mass is 286 g/mol. The lowest BCUT2D eigenvalue weighted by Gasteiger charge is -2.07. The quantitative estimate of drug-likeness (QED) is 0.631. The highest BCUT2D eigenvalue weighted by Crippen LogP contribution is 2.42. The lowest BCUT2D eigenvalue weighted by molar-refractivity contribution is 0.149. The Balaban J connectivity index is 2.88. The molecule has 0 radical (unpaired) electrons. The predicted molar refractivity (Wildman–Crippen MR) is 60.8 cm³/mol. The van der Waals surface area contributed by atoms with Crippen LogP contribution in [0, 0.1) is 6.92 Å². The highest BCUT2D eigenvalue weighted by atomic mass is 35.5. The Bertz CT molecular complexity index is 392. The minimum Gasteiger partial charge on any atom is -0.448 e. The van der Waals surface area contributed by atoms with Gasteiger partial charge in [-0.3, -0.25) is 0 Å². The van der Waals surface area contributed by atoms with Crippen LogP contribution in [0.15, 0.2) is 11.1 Å². The first-order chi connectivity index (χ1) is 7.35. The number of ether oxygens (including phenoxy) is 1. The second-order valence-corrected chi connectivity index (χ2v) is 5.64. The molecule has 1 rings (SSSR count). The van der Waals surface area contributed by atoms with Gasteiger partial charge in [0.1, 0.15) is 0 Å². The van der Waals surface area contributed by atoms with Gasteiger partial charge in [0.15, 0.2) is 0 Å². The van der Waals surface area contributed by atoms with Gasteiger partial charge in [0.05, 0.1) is 23.4 Å². The molecule has 0 atom stereocenters. The van der Waals surface area contributed by atoms with E-state index in [1.165, 1.54) is 6.20 Å². The molecule has 1 aromatic heterocycles. The number of hydrogen-bond donors (Lipinski definition) is 0. The van der Waals surface area contributed by atoms with Crippen molar-refractivity contribution in [2.45, 2.75) is 22.7 Å². The van der Waals surface area contributed by atoms with E-state index >= 15 is 0 Å². The van der Waals surface area contributed by atoms with Gasteiger partial charge in [-0.2, -0.15) is 14.2 Å². The van der Waals surface area contributed by atoms with E-state index in [0.29, 0.717) is 22.4 Å². The van der Waals surface area contributed by atoms with Crippen LogP contribution in [0.5, 0.6) is 0 Å². The maximum Gasteiger partial charge on any atom is 0.434 e. The van der Waals surface area contributed by atoms with Gasteiger partial charge in [-0.15, -0.1) is 0 Å². The number of aromatic nitrogens is 2. The Morgan fingerprint density at radius 3 is 2.88 bits per heavy atom. The van der Waals surface area contributed by atoms with Gasteiger partial charge in [0.2, 0.25) is 0 Å². The molecule has 90 valence electrons. The summed E-state index contributed by atoms with van der Waals surface area (Å²) in [5, 5.41) is 3.76. The molecule has 0 N–H and O–H groups in total. The van der Waals surface area contributed by atoms with Crippen molar-refractivity contribution in [2.24, 2.45) is 0 Å². The summed E-state index contributed by atoms with van der Waals surface area (Å²) in [6, 6.07) is 0. The molecule has 0 spiro atoms. The molecule has 0 saturated carbocycles. The number of carbonyl (C=O) groups is 1. The van der Waals surface area contributed by atoms with Crippen LogP contribution >= 0.6 is 35.0 Å². The van der Waals surface area contributed by atoms with Crippen molar-refractivity contribution >= 4 is 41.1 Å². The van der Waals surface area contributed by atoms with Crippen LogP contribution in [0.2, 0.25) is 0 Å². The number of halogens is 3. The molecule has 0 bridgehead atoms. The Morgan fingerprint density at radius 2 is 2.38 bits per heavy atom. The summed E-state index contributed by atoms with van der Waals surface area (Å²) in [5.74, 6) is 0. The van der Waals surface area contributed by atoms with Gasteiger partial charge >= 0.3 is 10.0 Å². The molecule has 0 aliphatic heterocycles. The van der Waals surface area contributed by atoms with E-state index in [4.69, 9.17) is 27.9 Å². The van der Waals surface area contributed by atoms with Gasteiger partial charge in [0, 0.05) is 0 Å². The molecule has 0 fully saturated rings. The van der Waals surface area contributed by atoms with Gasteiger partial charge < -0.3 is 4.74 Å². The minimum atomic E-state index is -2.45. The zero-order valence-electron chi connectivity index (χ0n) is 8.54. The lowest BCUT2D eigenvalue weighted by atomic mass is 10.5. The maximum atomic E-state index is 13.0. The molecule has 0 aliphatic carbocycles. The second kappa shape index (κ2) is 5.25. The standard InChI is InChI=1S/C8H9Cl2FN2O2S/c1-3-15-7(14)13-5(2)6(4-12-13)16-8(9,10)11/h4H,3H2,1-2H3. The molecule has 0 unspecified atom stereocenters. The molecule has 0 amide bonds. The van der Waals surface area contributed by atoms with Gasteiger partial charge in [0.25, 0.3) is 0 Å². The summed E-state index contributed by atoms with van der Waals surface area (Å²) in [4.78, 5) is 11.7. The Hall–Kier alpha value is -0.460. The molecule has 0 aromatic carbocycles. The van der Waals surface area contributed by atoms with Crippen LogP contribution in [0.3, 0.4) is 0 Å². The minimum absolute atomic E-state index is 0.235. The molecule has 0 aliphatic rings. The average Bonchev–Trinajstić information content (AvgIpc) is 2.46. The number of carbonyl (C=O) groups excluding carboxylic acids is 1. The number of alkyl halides is 3. The molecule has 8 heteroatoms. The van der Waals surface area contributed by atoms with E-state index in [0.717, 1.165) is 4.68 Å². The molecular formula is C8H9Cl2FN2O2S. The van der Waals surface area contributed by atoms with Crippen molar-refractivity contribution in [3.05, 3.63) is 11.9 Å². The SMILES string of the molecule is CCOC(=O)n1ncc(SC(F)(Cl)Cl)c1C. The summed E-state index contributed by atoms with van der Waals surface area (Å²) in [6.45, 7) is 3.50. The molecule has 1 heterocycles. The van der Waals surface area contributed by atoms with E-state index in [2.05, 4.69) is 5.10 Å². The summed E-state index contributed by atoms with van der Waals surface area (Å²) in [5.41, 5.74) is 0.423. The van der Waals surface area contributed by atoms with Crippen LogP contribution in [-0.2, 0) is 4.74 Å². The first kappa shape index (κ1) is 13.6. The van der Waals surface area contributed by atoms with Crippen molar-refractivity contribution in [2.75, 3.05) is 6.61 Å². The molecule has 4 nitrogen and oxygen atoms in total. The highest BCUT2D eigenvalue weighted by molar-refractivity contribution is 8.03. The topological polar surface area (TPSA) is 44.1 Å². The van der Waals surface area contributed by atoms with Crippen molar-refractivity contribution in [1.29, 1.82) is 0 Å². The number of nitrogens with zero attached hydrogens (tertiary/aromatic N) is 2. The largest absolute Gasteiger partial charge is 0.448 e. The molecule has 1 aromatic rings. The van der Waals surface area contributed by atoms with Crippen LogP contribution in [0.1, 0.15) is 12.6 Å². The predicted octanol–water partition coefficient (Wildman–Crippen LogP) is 3.35. The van der Waals surface area contributed by atoms with E-state index in [-0.39, 0.29) is 6.61 Å². The van der Waals surface area contributed by atoms with Gasteiger partial charge in [-0.25, -0.2) is 4.79 Å². The van der Waals surface area contributed by atoms with Crippen LogP contribution in [0.25, 0.3) is 0 Å². The fraction of sp³-hybridized carbons (Fsp3) is 0.500. The summed E-state index contributed by atoms with van der Waals surface area (Å²) >= 11 is 11.0. The fourth-order valence-corrected chi connectivity index (χ4v) is 2.07. The van der Waals surface area contributed by atoms with E-state index in [9.17, 15) is 9.18 Å². The van der Waals surface area contributed by atoms with Crippen molar-refractivity contribution in [3.63, 3.8) is 0 Å². The first-order valence-corrected chi connectivity index (χ1v) is 5.90. The third kappa shape index (κ3) is 3.54. The Labute approximate surface area is 106 Å². The molecule has 0 saturated heterocycles. The highest BCUT2D eigenvalue weighted by Gasteiger charge is 2.27. The Kier molecular flexibility index (Phi) is 4.46. The normalized spacial score (nSPS) is 11.6. The van der Waals surface area contributed by atoms with Crippen molar-refractivity contribution in [1.82, 2.24) is 9.78 Å². The zero-order chi connectivity index (χ0) is 12.3. The number of thioether (sulfide) groups is 1. The number of rotatable bonds is 3. The zero-order valence-corrected chi connectivity index (χ0v) is 10.9. The van der Waals surface area contributed by atoms with E-state index in [1.807, 2.05) is 0 Å². The van der Waals surface area contributed by atoms with Crippen LogP contribution < -0.4 is 0 Å². The maximum absolute atomic E-state index is 13.0. The first-order valence-electron chi connectivity index (χ1n) is 4.32. The average molecular weight is 287 g/mol. The molecular weight excluding hydrogens is 278 g/mol. The Morgan fingerprint density at radius 1 is 1.75 bits per heavy atom. The van der Waals surface area contributed by atoms with Crippen molar-refractivity contribution in [3.8, 4) is 0 Å². The van der Waals surface area contributed by atoms with Gasteiger partial charge in [-0.1, -0.05) is 23.2 Å². The number of hydrogen-bond acceptors (Lipinski definition) is 4. The van der Waals surface area contributed by atoms with Crippen LogP contribution in [0.4, 0.5) is 9.18 Å². The van der Waals surface area contributed by atoms with E-state index < -0.39 is 10.0 Å². The fourth-order valence-electron chi connectivity index (χ4n) is 0.988. The van der Waals surface area contributed by atoms with Crippen molar-refractivity contribution < 1.29 is 13.9 Å². The third-order valence-corrected chi connectivity index (χ3v) is 2.95. The summed E-state index contributed by atoms with van der Waals surface area (Å²) in [7, 11) is 0. The third-order valence-electron chi connectivity index (χ3n) is 1.63. The van der Waals surface area contributed by atoms with Gasteiger partial charge in [-0.05, 0) is 25.6 Å². The molecule has 16 heavy (non-hydrogen) atoms. The van der Waals surface area contributed by atoms with Crippen LogP contribution in [-0.4, -0.2) is 26.4 Å². The summed E-state index contributed by atoms with van der Waals surface area (Å²) in [6.07, 6.45) is 0.677. The smallest absolute Gasteiger partial charge is 0.434 e. The van der Waals surface area contributed by atoms with E-state index in [1.54, 1.807) is 13.8 Å². The second-order valence-electron chi connectivity index (χ2n) is 2.75.